The summed E-state index contributed by atoms with van der Waals surface area (Å²) in [5.41, 5.74) is 8.15. The van der Waals surface area contributed by atoms with E-state index in [-0.39, 0.29) is 30.7 Å². The summed E-state index contributed by atoms with van der Waals surface area (Å²) in [7, 11) is -3.17. The summed E-state index contributed by atoms with van der Waals surface area (Å²) in [4.78, 5) is 0. The molecule has 1 unspecified atom stereocenters. The molecule has 4 nitrogen and oxygen atoms in total. The molecule has 0 fully saturated rings. The highest BCUT2D eigenvalue weighted by atomic mass is 35.5. The van der Waals surface area contributed by atoms with Crippen LogP contribution in [0.4, 0.5) is 0 Å². The summed E-state index contributed by atoms with van der Waals surface area (Å²) in [6, 6.07) is 7.68. The zero-order valence-electron chi connectivity index (χ0n) is 11.6. The first-order chi connectivity index (χ1) is 8.35. The minimum Gasteiger partial charge on any atom is -0.323 e. The van der Waals surface area contributed by atoms with Gasteiger partial charge in [-0.1, -0.05) is 38.1 Å². The van der Waals surface area contributed by atoms with Crippen LogP contribution in [-0.4, -0.2) is 20.7 Å². The second-order valence-electron chi connectivity index (χ2n) is 4.68. The molecule has 0 aromatic heterocycles. The third-order valence-corrected chi connectivity index (χ3v) is 4.30. The van der Waals surface area contributed by atoms with Gasteiger partial charge in [0.1, 0.15) is 0 Å². The van der Waals surface area contributed by atoms with E-state index < -0.39 is 10.0 Å². The maximum atomic E-state index is 11.3. The molecule has 0 amide bonds. The van der Waals surface area contributed by atoms with E-state index in [1.54, 1.807) is 6.92 Å². The van der Waals surface area contributed by atoms with Crippen molar-refractivity contribution in [2.75, 3.05) is 12.3 Å². The quantitative estimate of drug-likeness (QED) is 0.846. The fourth-order valence-electron chi connectivity index (χ4n) is 1.56. The average molecular weight is 307 g/mol. The molecule has 110 valence electrons. The van der Waals surface area contributed by atoms with Gasteiger partial charge in [-0.2, -0.15) is 0 Å². The molecule has 0 aliphatic heterocycles. The molecule has 3 N–H and O–H groups in total. The van der Waals surface area contributed by atoms with Crippen molar-refractivity contribution in [3.63, 3.8) is 0 Å². The van der Waals surface area contributed by atoms with E-state index in [4.69, 9.17) is 5.73 Å². The zero-order valence-corrected chi connectivity index (χ0v) is 13.2. The fourth-order valence-corrected chi connectivity index (χ4v) is 2.20. The highest BCUT2D eigenvalue weighted by Gasteiger charge is 2.11. The van der Waals surface area contributed by atoms with Gasteiger partial charge in [-0.25, -0.2) is 13.1 Å². The lowest BCUT2D eigenvalue weighted by molar-refractivity contribution is 0.573. The van der Waals surface area contributed by atoms with Crippen molar-refractivity contribution in [1.82, 2.24) is 4.72 Å². The van der Waals surface area contributed by atoms with E-state index in [1.807, 2.05) is 24.3 Å². The monoisotopic (exact) mass is 306 g/mol. The predicted octanol–water partition coefficient (Wildman–Crippen LogP) is 2.17. The van der Waals surface area contributed by atoms with Gasteiger partial charge in [0, 0.05) is 12.6 Å². The molecule has 6 heteroatoms. The van der Waals surface area contributed by atoms with Crippen molar-refractivity contribution < 1.29 is 8.42 Å². The Morgan fingerprint density at radius 3 is 2.05 bits per heavy atom. The Morgan fingerprint density at radius 1 is 1.16 bits per heavy atom. The van der Waals surface area contributed by atoms with Crippen molar-refractivity contribution in [2.45, 2.75) is 32.7 Å². The number of hydrogen-bond donors (Lipinski definition) is 2. The van der Waals surface area contributed by atoms with Gasteiger partial charge in [-0.3, -0.25) is 0 Å². The number of nitrogens with one attached hydrogen (secondary N) is 1. The van der Waals surface area contributed by atoms with E-state index in [9.17, 15) is 8.42 Å². The highest BCUT2D eigenvalue weighted by Crippen LogP contribution is 2.17. The molecule has 0 aliphatic rings. The molecule has 1 aromatic carbocycles. The topological polar surface area (TPSA) is 72.2 Å². The van der Waals surface area contributed by atoms with Crippen LogP contribution in [0.25, 0.3) is 0 Å². The Kier molecular flexibility index (Phi) is 7.59. The first-order valence-corrected chi connectivity index (χ1v) is 7.83. The molecule has 0 saturated carbocycles. The van der Waals surface area contributed by atoms with Crippen LogP contribution in [0.3, 0.4) is 0 Å². The standard InChI is InChI=1S/C13H22N2O2S.ClH/c1-4-18(16,17)15-9-13(14)12-7-5-11(6-8-12)10(2)3;/h5-8,10,13,15H,4,9,14H2,1-3H3;1H. The molecule has 0 bridgehead atoms. The van der Waals surface area contributed by atoms with Gasteiger partial charge in [0.25, 0.3) is 0 Å². The predicted molar refractivity (Wildman–Crippen MR) is 82.2 cm³/mol. The van der Waals surface area contributed by atoms with Crippen molar-refractivity contribution in [1.29, 1.82) is 0 Å². The first-order valence-electron chi connectivity index (χ1n) is 6.18. The van der Waals surface area contributed by atoms with Crippen LogP contribution >= 0.6 is 12.4 Å². The van der Waals surface area contributed by atoms with Gasteiger partial charge in [0.05, 0.1) is 5.75 Å². The van der Waals surface area contributed by atoms with Gasteiger partial charge in [-0.05, 0) is 24.0 Å². The lowest BCUT2D eigenvalue weighted by Gasteiger charge is -2.14. The number of rotatable bonds is 6. The first kappa shape index (κ1) is 18.4. The second-order valence-corrected chi connectivity index (χ2v) is 6.78. The number of benzene rings is 1. The third kappa shape index (κ3) is 5.91. The van der Waals surface area contributed by atoms with Crippen LogP contribution in [0, 0.1) is 0 Å². The molecule has 0 aliphatic carbocycles. The fraction of sp³-hybridized carbons (Fsp3) is 0.538. The lowest BCUT2D eigenvalue weighted by atomic mass is 9.99. The van der Waals surface area contributed by atoms with E-state index in [2.05, 4.69) is 18.6 Å². The van der Waals surface area contributed by atoms with Crippen LogP contribution in [-0.2, 0) is 10.0 Å². The summed E-state index contributed by atoms with van der Waals surface area (Å²) >= 11 is 0. The van der Waals surface area contributed by atoms with Crippen LogP contribution in [0.1, 0.15) is 43.9 Å². The van der Waals surface area contributed by atoms with Gasteiger partial charge >= 0.3 is 0 Å². The van der Waals surface area contributed by atoms with E-state index in [1.165, 1.54) is 5.56 Å². The zero-order chi connectivity index (χ0) is 13.8. The van der Waals surface area contributed by atoms with Crippen molar-refractivity contribution >= 4 is 22.4 Å². The van der Waals surface area contributed by atoms with Crippen molar-refractivity contribution in [3.05, 3.63) is 35.4 Å². The second kappa shape index (κ2) is 7.85. The van der Waals surface area contributed by atoms with E-state index >= 15 is 0 Å². The van der Waals surface area contributed by atoms with Crippen LogP contribution in [0.2, 0.25) is 0 Å². The van der Waals surface area contributed by atoms with Gasteiger partial charge in [0.15, 0.2) is 0 Å². The smallest absolute Gasteiger partial charge is 0.211 e. The maximum absolute atomic E-state index is 11.3. The Labute approximate surface area is 122 Å². The molecule has 0 heterocycles. The van der Waals surface area contributed by atoms with Crippen LogP contribution in [0.5, 0.6) is 0 Å². The molecule has 1 atom stereocenters. The van der Waals surface area contributed by atoms with E-state index in [0.29, 0.717) is 5.92 Å². The summed E-state index contributed by atoms with van der Waals surface area (Å²) in [6.45, 7) is 6.09. The summed E-state index contributed by atoms with van der Waals surface area (Å²) in [5.74, 6) is 0.556. The average Bonchev–Trinajstić information content (AvgIpc) is 2.36. The number of hydrogen-bond acceptors (Lipinski definition) is 3. The van der Waals surface area contributed by atoms with Gasteiger partial charge < -0.3 is 5.73 Å². The largest absolute Gasteiger partial charge is 0.323 e. The minimum absolute atomic E-state index is 0. The SMILES string of the molecule is CCS(=O)(=O)NCC(N)c1ccc(C(C)C)cc1.Cl. The minimum atomic E-state index is -3.17. The van der Waals surface area contributed by atoms with E-state index in [0.717, 1.165) is 5.56 Å². The maximum Gasteiger partial charge on any atom is 0.211 e. The third-order valence-electron chi connectivity index (χ3n) is 2.93. The normalized spacial score (nSPS) is 13.1. The molecule has 1 aromatic rings. The number of halogens is 1. The molecule has 19 heavy (non-hydrogen) atoms. The van der Waals surface area contributed by atoms with Gasteiger partial charge in [0.2, 0.25) is 10.0 Å². The van der Waals surface area contributed by atoms with Crippen molar-refractivity contribution in [3.8, 4) is 0 Å². The summed E-state index contributed by atoms with van der Waals surface area (Å²) < 4.78 is 25.1. The van der Waals surface area contributed by atoms with Crippen molar-refractivity contribution in [2.24, 2.45) is 5.73 Å². The molecule has 0 spiro atoms. The highest BCUT2D eigenvalue weighted by molar-refractivity contribution is 7.89. The lowest BCUT2D eigenvalue weighted by Crippen LogP contribution is -2.32. The van der Waals surface area contributed by atoms with Crippen LogP contribution < -0.4 is 10.5 Å². The molecule has 0 radical (unpaired) electrons. The Hall–Kier alpha value is -0.620. The molecular formula is C13H23ClN2O2S. The Morgan fingerprint density at radius 2 is 1.63 bits per heavy atom. The van der Waals surface area contributed by atoms with Crippen LogP contribution in [0.15, 0.2) is 24.3 Å². The summed E-state index contributed by atoms with van der Waals surface area (Å²) in [5, 5.41) is 0. The number of sulfonamides is 1. The molecular weight excluding hydrogens is 284 g/mol. The van der Waals surface area contributed by atoms with Gasteiger partial charge in [-0.15, -0.1) is 12.4 Å². The Bertz CT molecular complexity index is 472. The number of nitrogens with two attached hydrogens (primary N) is 1. The molecule has 0 saturated heterocycles. The molecule has 1 rings (SSSR count). The summed E-state index contributed by atoms with van der Waals surface area (Å²) in [6.07, 6.45) is 0. The Balaban J connectivity index is 0.00000324.